The lowest BCUT2D eigenvalue weighted by molar-refractivity contribution is 0.0806. The molecule has 2 aliphatic heterocycles. The summed E-state index contributed by atoms with van der Waals surface area (Å²) in [5, 5.41) is 10.4. The summed E-state index contributed by atoms with van der Waals surface area (Å²) in [6, 6.07) is 9.88. The molecule has 0 aliphatic carbocycles. The van der Waals surface area contributed by atoms with Crippen LogP contribution in [0, 0.1) is 0 Å². The zero-order valence-corrected chi connectivity index (χ0v) is 14.5. The first kappa shape index (κ1) is 17.9. The van der Waals surface area contributed by atoms with Crippen LogP contribution in [0.15, 0.2) is 36.4 Å². The molecule has 2 N–H and O–H groups in total. The van der Waals surface area contributed by atoms with E-state index in [0.717, 1.165) is 18.7 Å². The van der Waals surface area contributed by atoms with Crippen molar-refractivity contribution < 1.29 is 14.7 Å². The maximum absolute atomic E-state index is 12.0. The molecule has 1 amide bonds. The zero-order valence-electron chi connectivity index (χ0n) is 14.5. The predicted octanol–water partition coefficient (Wildman–Crippen LogP) is 2.22. The van der Waals surface area contributed by atoms with Crippen LogP contribution in [0.3, 0.4) is 0 Å². The summed E-state index contributed by atoms with van der Waals surface area (Å²) in [4.78, 5) is 20.7. The minimum absolute atomic E-state index is 0.256. The van der Waals surface area contributed by atoms with Gasteiger partial charge in [0.25, 0.3) is 0 Å². The van der Waals surface area contributed by atoms with Crippen molar-refractivity contribution in [2.75, 3.05) is 26.2 Å². The van der Waals surface area contributed by atoms with Gasteiger partial charge in [-0.25, -0.2) is 4.79 Å². The molecule has 2 atom stereocenters. The van der Waals surface area contributed by atoms with E-state index in [1.54, 1.807) is 0 Å². The highest BCUT2D eigenvalue weighted by molar-refractivity contribution is 5.70. The fourth-order valence-electron chi connectivity index (χ4n) is 3.35. The van der Waals surface area contributed by atoms with Crippen molar-refractivity contribution in [2.45, 2.75) is 38.0 Å². The highest BCUT2D eigenvalue weighted by Gasteiger charge is 2.33. The summed E-state index contributed by atoms with van der Waals surface area (Å²) in [6.45, 7) is 2.90. The zero-order chi connectivity index (χ0) is 17.5. The van der Waals surface area contributed by atoms with Crippen LogP contribution in [0.5, 0.6) is 0 Å². The van der Waals surface area contributed by atoms with E-state index >= 15 is 0 Å². The molecule has 2 unspecified atom stereocenters. The van der Waals surface area contributed by atoms with Gasteiger partial charge < -0.3 is 14.8 Å². The van der Waals surface area contributed by atoms with Crippen molar-refractivity contribution in [1.29, 1.82) is 0 Å². The Balaban J connectivity index is 1.55. The number of aliphatic hydroxyl groups is 1. The van der Waals surface area contributed by atoms with Crippen LogP contribution >= 0.6 is 0 Å². The number of benzene rings is 1. The molecule has 1 aromatic carbocycles. The second-order valence-corrected chi connectivity index (χ2v) is 6.72. The number of β-amino-alcohol motifs (C(OH)–C–C–N with tert-alkyl or cyclic N) is 1. The number of likely N-dealkylation sites (tertiary alicyclic amines) is 1. The number of hydrogen-bond donors (Lipinski definition) is 2. The minimum atomic E-state index is -0.585. The lowest BCUT2D eigenvalue weighted by Crippen LogP contribution is -2.44. The number of carbonyl (C=O) groups excluding carboxylic acids is 1. The number of aliphatic hydroxyl groups excluding tert-OH is 1. The van der Waals surface area contributed by atoms with Crippen molar-refractivity contribution in [3.63, 3.8) is 0 Å². The molecule has 136 valence electrons. The first-order valence-electron chi connectivity index (χ1n) is 9.09. The SMILES string of the molecule is O=C1ONC(/C=C/c2ccccc2)N1CC(O)CN1CCCCCC1. The molecule has 0 spiro atoms. The Bertz CT molecular complexity index is 571. The summed E-state index contributed by atoms with van der Waals surface area (Å²) in [5.41, 5.74) is 3.76. The first-order valence-corrected chi connectivity index (χ1v) is 9.09. The largest absolute Gasteiger partial charge is 0.430 e. The van der Waals surface area contributed by atoms with Crippen LogP contribution in [0.2, 0.25) is 0 Å². The van der Waals surface area contributed by atoms with E-state index in [2.05, 4.69) is 10.4 Å². The average Bonchev–Trinajstić information content (AvgIpc) is 2.81. The van der Waals surface area contributed by atoms with Gasteiger partial charge in [-0.2, -0.15) is 0 Å². The van der Waals surface area contributed by atoms with Gasteiger partial charge in [-0.3, -0.25) is 4.90 Å². The van der Waals surface area contributed by atoms with Gasteiger partial charge >= 0.3 is 6.09 Å². The molecule has 0 radical (unpaired) electrons. The number of amides is 1. The van der Waals surface area contributed by atoms with Gasteiger partial charge in [-0.05, 0) is 37.6 Å². The highest BCUT2D eigenvalue weighted by atomic mass is 16.7. The fraction of sp³-hybridized carbons (Fsp3) is 0.526. The van der Waals surface area contributed by atoms with E-state index in [-0.39, 0.29) is 12.7 Å². The maximum atomic E-state index is 12.0. The number of rotatable bonds is 6. The Morgan fingerprint density at radius 3 is 2.60 bits per heavy atom. The van der Waals surface area contributed by atoms with Gasteiger partial charge in [-0.15, -0.1) is 5.48 Å². The molecular formula is C19H27N3O3. The van der Waals surface area contributed by atoms with Gasteiger partial charge in [0.2, 0.25) is 0 Å². The second-order valence-electron chi connectivity index (χ2n) is 6.72. The highest BCUT2D eigenvalue weighted by Crippen LogP contribution is 2.14. The quantitative estimate of drug-likeness (QED) is 0.828. The van der Waals surface area contributed by atoms with Gasteiger partial charge in [0, 0.05) is 6.54 Å². The first-order chi connectivity index (χ1) is 12.2. The third-order valence-corrected chi connectivity index (χ3v) is 4.68. The van der Waals surface area contributed by atoms with Crippen LogP contribution in [0.1, 0.15) is 31.2 Å². The topological polar surface area (TPSA) is 65.0 Å². The van der Waals surface area contributed by atoms with Gasteiger partial charge in [-0.1, -0.05) is 49.2 Å². The molecule has 0 aromatic heterocycles. The second kappa shape index (κ2) is 8.99. The number of nitrogens with zero attached hydrogens (tertiary/aromatic N) is 2. The maximum Gasteiger partial charge on any atom is 0.430 e. The van der Waals surface area contributed by atoms with Crippen LogP contribution in [0.25, 0.3) is 6.08 Å². The summed E-state index contributed by atoms with van der Waals surface area (Å²) in [7, 11) is 0. The lowest BCUT2D eigenvalue weighted by Gasteiger charge is -2.26. The third kappa shape index (κ3) is 5.29. The van der Waals surface area contributed by atoms with Crippen molar-refractivity contribution in [3.05, 3.63) is 42.0 Å². The molecule has 6 nitrogen and oxygen atoms in total. The van der Waals surface area contributed by atoms with Crippen molar-refractivity contribution >= 4 is 12.2 Å². The Morgan fingerprint density at radius 1 is 1.16 bits per heavy atom. The van der Waals surface area contributed by atoms with Crippen LogP contribution < -0.4 is 5.48 Å². The predicted molar refractivity (Wildman–Crippen MR) is 96.5 cm³/mol. The van der Waals surface area contributed by atoms with E-state index < -0.39 is 12.2 Å². The molecule has 25 heavy (non-hydrogen) atoms. The van der Waals surface area contributed by atoms with Crippen LogP contribution in [0.4, 0.5) is 4.79 Å². The smallest absolute Gasteiger partial charge is 0.390 e. The molecular weight excluding hydrogens is 318 g/mol. The van der Waals surface area contributed by atoms with E-state index in [1.165, 1.54) is 30.6 Å². The van der Waals surface area contributed by atoms with Crippen molar-refractivity contribution in [1.82, 2.24) is 15.3 Å². The van der Waals surface area contributed by atoms with E-state index in [0.29, 0.717) is 6.54 Å². The summed E-state index contributed by atoms with van der Waals surface area (Å²) in [5.74, 6) is 0. The molecule has 2 saturated heterocycles. The Labute approximate surface area is 149 Å². The molecule has 0 bridgehead atoms. The Hall–Kier alpha value is -1.89. The standard InChI is InChI=1S/C19H27N3O3/c23-17(14-21-12-6-1-2-7-13-21)15-22-18(20-25-19(22)24)11-10-16-8-4-3-5-9-16/h3-5,8-11,17-18,20,23H,1-2,6-7,12-15H2/b11-10+. The monoisotopic (exact) mass is 345 g/mol. The number of hydroxylamine groups is 1. The van der Waals surface area contributed by atoms with E-state index in [1.807, 2.05) is 42.5 Å². The van der Waals surface area contributed by atoms with Gasteiger partial charge in [0.1, 0.15) is 6.17 Å². The average molecular weight is 345 g/mol. The van der Waals surface area contributed by atoms with E-state index in [4.69, 9.17) is 4.84 Å². The number of hydrogen-bond acceptors (Lipinski definition) is 5. The van der Waals surface area contributed by atoms with Crippen molar-refractivity contribution in [2.24, 2.45) is 0 Å². The Morgan fingerprint density at radius 2 is 1.88 bits per heavy atom. The number of nitrogens with one attached hydrogen (secondary N) is 1. The van der Waals surface area contributed by atoms with Crippen LogP contribution in [-0.4, -0.2) is 59.4 Å². The molecule has 2 aliphatic rings. The summed E-state index contributed by atoms with van der Waals surface area (Å²) >= 11 is 0. The van der Waals surface area contributed by atoms with Gasteiger partial charge in [0.05, 0.1) is 12.6 Å². The lowest BCUT2D eigenvalue weighted by atomic mass is 10.2. The molecule has 3 rings (SSSR count). The number of carbonyl (C=O) groups is 1. The fourth-order valence-corrected chi connectivity index (χ4v) is 3.35. The third-order valence-electron chi connectivity index (χ3n) is 4.68. The van der Waals surface area contributed by atoms with Crippen LogP contribution in [-0.2, 0) is 4.84 Å². The molecule has 6 heteroatoms. The minimum Gasteiger partial charge on any atom is -0.390 e. The summed E-state index contributed by atoms with van der Waals surface area (Å²) < 4.78 is 0. The Kier molecular flexibility index (Phi) is 6.44. The molecule has 2 heterocycles. The molecule has 0 saturated carbocycles. The van der Waals surface area contributed by atoms with Gasteiger partial charge in [0.15, 0.2) is 0 Å². The molecule has 2 fully saturated rings. The van der Waals surface area contributed by atoms with Crippen molar-refractivity contribution in [3.8, 4) is 0 Å². The summed E-state index contributed by atoms with van der Waals surface area (Å²) in [6.07, 6.45) is 7.31. The molecule has 1 aromatic rings. The normalized spacial score (nSPS) is 23.6. The van der Waals surface area contributed by atoms with E-state index in [9.17, 15) is 9.90 Å².